The van der Waals surface area contributed by atoms with Crippen LogP contribution in [0.15, 0.2) is 18.2 Å². The lowest BCUT2D eigenvalue weighted by molar-refractivity contribution is 0.264. The molecule has 96 valence electrons. The van der Waals surface area contributed by atoms with Crippen LogP contribution in [-0.4, -0.2) is 19.3 Å². The van der Waals surface area contributed by atoms with E-state index in [4.69, 9.17) is 15.2 Å². The molecule has 0 aromatic heterocycles. The lowest BCUT2D eigenvalue weighted by atomic mass is 9.87. The average molecular weight is 258 g/mol. The van der Waals surface area contributed by atoms with Gasteiger partial charge < -0.3 is 15.2 Å². The highest BCUT2D eigenvalue weighted by molar-refractivity contribution is 5.85. The number of fused-ring (bicyclic) bond motifs is 1. The van der Waals surface area contributed by atoms with Crippen LogP contribution in [0.2, 0.25) is 0 Å². The molecule has 1 heterocycles. The Labute approximate surface area is 109 Å². The van der Waals surface area contributed by atoms with Crippen molar-refractivity contribution in [2.24, 2.45) is 5.73 Å². The summed E-state index contributed by atoms with van der Waals surface area (Å²) >= 11 is 0. The molecule has 0 saturated heterocycles. The second-order valence-electron chi connectivity index (χ2n) is 5.29. The van der Waals surface area contributed by atoms with Crippen molar-refractivity contribution in [2.45, 2.75) is 32.2 Å². The van der Waals surface area contributed by atoms with Gasteiger partial charge in [-0.2, -0.15) is 0 Å². The summed E-state index contributed by atoms with van der Waals surface area (Å²) in [5.74, 6) is 1.60. The lowest BCUT2D eigenvalue weighted by Gasteiger charge is -2.20. The Hall–Kier alpha value is -0.930. The molecule has 1 aromatic carbocycles. The number of hydrogen-bond acceptors (Lipinski definition) is 3. The number of rotatable bonds is 0. The van der Waals surface area contributed by atoms with E-state index in [-0.39, 0.29) is 23.9 Å². The summed E-state index contributed by atoms with van der Waals surface area (Å²) in [6.07, 6.45) is 0. The lowest BCUT2D eigenvalue weighted by Crippen LogP contribution is -2.32. The molecule has 2 N–H and O–H groups in total. The average Bonchev–Trinajstić information content (AvgIpc) is 2.39. The Morgan fingerprint density at radius 2 is 1.71 bits per heavy atom. The maximum Gasteiger partial charge on any atom is 0.161 e. The summed E-state index contributed by atoms with van der Waals surface area (Å²) in [6, 6.07) is 6.05. The van der Waals surface area contributed by atoms with Gasteiger partial charge in [0.05, 0.1) is 6.04 Å². The van der Waals surface area contributed by atoms with E-state index < -0.39 is 0 Å². The third kappa shape index (κ3) is 3.27. The van der Waals surface area contributed by atoms with Gasteiger partial charge in [-0.1, -0.05) is 26.8 Å². The summed E-state index contributed by atoms with van der Waals surface area (Å²) < 4.78 is 11.2. The van der Waals surface area contributed by atoms with Gasteiger partial charge in [0.1, 0.15) is 13.2 Å². The molecular weight excluding hydrogens is 238 g/mol. The number of halogens is 1. The zero-order valence-corrected chi connectivity index (χ0v) is 11.3. The van der Waals surface area contributed by atoms with Gasteiger partial charge >= 0.3 is 0 Å². The van der Waals surface area contributed by atoms with Gasteiger partial charge in [0.15, 0.2) is 11.5 Å². The van der Waals surface area contributed by atoms with E-state index in [0.29, 0.717) is 13.2 Å². The summed E-state index contributed by atoms with van der Waals surface area (Å²) in [4.78, 5) is 0. The first-order chi connectivity index (χ1) is 7.47. The maximum absolute atomic E-state index is 5.79. The van der Waals surface area contributed by atoms with Gasteiger partial charge in [-0.3, -0.25) is 0 Å². The molecule has 3 nitrogen and oxygen atoms in total. The van der Waals surface area contributed by atoms with E-state index in [0.717, 1.165) is 11.5 Å². The van der Waals surface area contributed by atoms with E-state index in [2.05, 4.69) is 26.8 Å². The van der Waals surface area contributed by atoms with Crippen LogP contribution < -0.4 is 15.2 Å². The third-order valence-corrected chi connectivity index (χ3v) is 2.72. The smallest absolute Gasteiger partial charge is 0.161 e. The molecule has 2 rings (SSSR count). The van der Waals surface area contributed by atoms with Crippen molar-refractivity contribution in [2.75, 3.05) is 13.2 Å². The van der Waals surface area contributed by atoms with Crippen molar-refractivity contribution in [1.82, 2.24) is 0 Å². The molecule has 17 heavy (non-hydrogen) atoms. The summed E-state index contributed by atoms with van der Waals surface area (Å²) in [6.45, 7) is 7.57. The first-order valence-corrected chi connectivity index (χ1v) is 5.62. The second-order valence-corrected chi connectivity index (χ2v) is 5.29. The fraction of sp³-hybridized carbons (Fsp3) is 0.538. The van der Waals surface area contributed by atoms with Gasteiger partial charge in [0, 0.05) is 0 Å². The zero-order chi connectivity index (χ0) is 11.8. The first-order valence-electron chi connectivity index (χ1n) is 5.62. The largest absolute Gasteiger partial charge is 0.488 e. The minimum Gasteiger partial charge on any atom is -0.488 e. The van der Waals surface area contributed by atoms with E-state index in [1.165, 1.54) is 5.56 Å². The van der Waals surface area contributed by atoms with E-state index in [1.807, 2.05) is 12.1 Å². The fourth-order valence-corrected chi connectivity index (χ4v) is 1.65. The van der Waals surface area contributed by atoms with Gasteiger partial charge in [0.2, 0.25) is 0 Å². The van der Waals surface area contributed by atoms with Crippen LogP contribution in [0.5, 0.6) is 11.5 Å². The Kier molecular flexibility index (Phi) is 4.28. The molecule has 1 aromatic rings. The Balaban J connectivity index is 0.00000144. The van der Waals surface area contributed by atoms with Crippen molar-refractivity contribution in [3.05, 3.63) is 23.8 Å². The van der Waals surface area contributed by atoms with Gasteiger partial charge in [-0.05, 0) is 23.1 Å². The normalized spacial score (nSPS) is 19.2. The van der Waals surface area contributed by atoms with Crippen molar-refractivity contribution < 1.29 is 9.47 Å². The molecule has 0 radical (unpaired) electrons. The van der Waals surface area contributed by atoms with Crippen molar-refractivity contribution in [3.63, 3.8) is 0 Å². The monoisotopic (exact) mass is 257 g/mol. The molecule has 0 fully saturated rings. The van der Waals surface area contributed by atoms with Crippen LogP contribution in [0.25, 0.3) is 0 Å². The number of ether oxygens (including phenoxy) is 2. The predicted molar refractivity (Wildman–Crippen MR) is 71.4 cm³/mol. The van der Waals surface area contributed by atoms with Crippen LogP contribution >= 0.6 is 12.4 Å². The van der Waals surface area contributed by atoms with Gasteiger partial charge in [-0.25, -0.2) is 0 Å². The fourth-order valence-electron chi connectivity index (χ4n) is 1.65. The Bertz CT molecular complexity index is 387. The van der Waals surface area contributed by atoms with Crippen LogP contribution in [0.1, 0.15) is 26.3 Å². The molecule has 0 saturated carbocycles. The highest BCUT2D eigenvalue weighted by Crippen LogP contribution is 2.34. The third-order valence-electron chi connectivity index (χ3n) is 2.72. The topological polar surface area (TPSA) is 44.5 Å². The van der Waals surface area contributed by atoms with Crippen molar-refractivity contribution >= 4 is 12.4 Å². The maximum atomic E-state index is 5.79. The molecule has 1 unspecified atom stereocenters. The Morgan fingerprint density at radius 3 is 2.29 bits per heavy atom. The summed E-state index contributed by atoms with van der Waals surface area (Å²) in [5, 5.41) is 0. The second kappa shape index (κ2) is 5.15. The molecule has 1 aliphatic rings. The predicted octanol–water partition coefficient (Wildman–Crippen LogP) is 2.50. The van der Waals surface area contributed by atoms with E-state index in [9.17, 15) is 0 Å². The minimum absolute atomic E-state index is 0. The van der Waals surface area contributed by atoms with E-state index >= 15 is 0 Å². The summed E-state index contributed by atoms with van der Waals surface area (Å²) in [7, 11) is 0. The quantitative estimate of drug-likeness (QED) is 0.777. The van der Waals surface area contributed by atoms with E-state index in [1.54, 1.807) is 0 Å². The molecule has 0 aliphatic carbocycles. The SMILES string of the molecule is CC(C)(C)c1ccc2c(c1)OCC(N)CO2.Cl. The number of benzene rings is 1. The van der Waals surface area contributed by atoms with Gasteiger partial charge in [0.25, 0.3) is 0 Å². The van der Waals surface area contributed by atoms with Crippen LogP contribution in [0.3, 0.4) is 0 Å². The molecule has 1 aliphatic heterocycles. The first kappa shape index (κ1) is 14.1. The van der Waals surface area contributed by atoms with Crippen molar-refractivity contribution in [1.29, 1.82) is 0 Å². The highest BCUT2D eigenvalue weighted by atomic mass is 35.5. The molecule has 0 spiro atoms. The van der Waals surface area contributed by atoms with Gasteiger partial charge in [-0.15, -0.1) is 12.4 Å². The zero-order valence-electron chi connectivity index (χ0n) is 10.5. The summed E-state index contributed by atoms with van der Waals surface area (Å²) in [5.41, 5.74) is 7.15. The number of hydrogen-bond donors (Lipinski definition) is 1. The highest BCUT2D eigenvalue weighted by Gasteiger charge is 2.19. The molecule has 1 atom stereocenters. The van der Waals surface area contributed by atoms with Crippen LogP contribution in [0.4, 0.5) is 0 Å². The Morgan fingerprint density at radius 1 is 1.12 bits per heavy atom. The molecular formula is C13H20ClNO2. The molecule has 0 bridgehead atoms. The molecule has 0 amide bonds. The number of nitrogens with two attached hydrogens (primary N) is 1. The van der Waals surface area contributed by atoms with Crippen molar-refractivity contribution in [3.8, 4) is 11.5 Å². The minimum atomic E-state index is -0.0505. The molecule has 4 heteroatoms. The van der Waals surface area contributed by atoms with Crippen LogP contribution in [0, 0.1) is 0 Å². The van der Waals surface area contributed by atoms with Crippen LogP contribution in [-0.2, 0) is 5.41 Å². The standard InChI is InChI=1S/C13H19NO2.ClH/c1-13(2,3)9-4-5-11-12(6-9)16-8-10(14)7-15-11;/h4-6,10H,7-8,14H2,1-3H3;1H.